The third-order valence-corrected chi connectivity index (χ3v) is 2.63. The van der Waals surface area contributed by atoms with E-state index in [9.17, 15) is 30.7 Å². The van der Waals surface area contributed by atoms with E-state index >= 15 is 0 Å². The number of hydrogen-bond donors (Lipinski definition) is 1. The van der Waals surface area contributed by atoms with Crippen LogP contribution in [0.2, 0.25) is 0 Å². The predicted molar refractivity (Wildman–Crippen MR) is 64.3 cm³/mol. The van der Waals surface area contributed by atoms with E-state index in [4.69, 9.17) is 5.73 Å². The molecule has 0 spiro atoms. The molecule has 0 atom stereocenters. The molecular weight excluding hydrogens is 323 g/mol. The zero-order valence-corrected chi connectivity index (χ0v) is 11.7. The van der Waals surface area contributed by atoms with E-state index in [-0.39, 0.29) is 24.8 Å². The SMILES string of the molecule is C=[O+]C(=C[C-](OC)C(F)(F)C(F)(F)C(F)(F)F)CCCCN. The van der Waals surface area contributed by atoms with Crippen LogP contribution in [0.25, 0.3) is 0 Å². The van der Waals surface area contributed by atoms with E-state index in [1.807, 2.05) is 0 Å². The molecule has 0 aliphatic carbocycles. The van der Waals surface area contributed by atoms with Gasteiger partial charge in [0.2, 0.25) is 0 Å². The minimum Gasteiger partial charge on any atom is -0.436 e. The van der Waals surface area contributed by atoms with Crippen molar-refractivity contribution in [1.82, 2.24) is 0 Å². The van der Waals surface area contributed by atoms with Crippen molar-refractivity contribution in [2.45, 2.75) is 37.3 Å². The molecule has 0 saturated heterocycles. The third-order valence-electron chi connectivity index (χ3n) is 2.63. The van der Waals surface area contributed by atoms with Gasteiger partial charge in [0.05, 0.1) is 0 Å². The Morgan fingerprint density at radius 2 is 1.73 bits per heavy atom. The molecule has 0 amide bonds. The van der Waals surface area contributed by atoms with Gasteiger partial charge in [-0.05, 0) is 25.5 Å². The second kappa shape index (κ2) is 7.82. The van der Waals surface area contributed by atoms with E-state index in [0.717, 1.165) is 0 Å². The molecule has 22 heavy (non-hydrogen) atoms. The molecule has 130 valence electrons. The Morgan fingerprint density at radius 3 is 2.09 bits per heavy atom. The van der Waals surface area contributed by atoms with Crippen LogP contribution in [0.1, 0.15) is 19.3 Å². The number of unbranched alkanes of at least 4 members (excludes halogenated alkanes) is 1. The average Bonchev–Trinajstić information content (AvgIpc) is 2.40. The van der Waals surface area contributed by atoms with Crippen LogP contribution in [0.5, 0.6) is 0 Å². The van der Waals surface area contributed by atoms with E-state index in [1.165, 1.54) is 0 Å². The number of hydrogen-bond acceptors (Lipinski definition) is 2. The van der Waals surface area contributed by atoms with Gasteiger partial charge in [-0.3, -0.25) is 0 Å². The molecule has 0 aromatic heterocycles. The van der Waals surface area contributed by atoms with Crippen molar-refractivity contribution in [3.8, 4) is 0 Å². The first kappa shape index (κ1) is 20.7. The van der Waals surface area contributed by atoms with Crippen molar-refractivity contribution in [2.24, 2.45) is 5.73 Å². The molecule has 0 saturated carbocycles. The number of allylic oxidation sites excluding steroid dienone is 1. The van der Waals surface area contributed by atoms with Crippen LogP contribution in [-0.2, 0) is 9.16 Å². The molecule has 0 aromatic carbocycles. The molecule has 2 N–H and O–H groups in total. The Bertz CT molecular complexity index is 393. The Hall–Kier alpha value is -1.29. The number of nitrogens with two attached hydrogens (primary N) is 1. The number of alkyl halides is 7. The van der Waals surface area contributed by atoms with E-state index < -0.39 is 24.1 Å². The lowest BCUT2D eigenvalue weighted by Crippen LogP contribution is -2.55. The van der Waals surface area contributed by atoms with Crippen molar-refractivity contribution in [2.75, 3.05) is 13.7 Å². The quantitative estimate of drug-likeness (QED) is 0.230. The summed E-state index contributed by atoms with van der Waals surface area (Å²) in [7, 11) is 0.548. The summed E-state index contributed by atoms with van der Waals surface area (Å²) >= 11 is 0. The van der Waals surface area contributed by atoms with Crippen LogP contribution in [0.15, 0.2) is 11.8 Å². The fourth-order valence-corrected chi connectivity index (χ4v) is 1.39. The van der Waals surface area contributed by atoms with Crippen LogP contribution in [0.4, 0.5) is 30.7 Å². The van der Waals surface area contributed by atoms with Crippen LogP contribution in [-0.4, -0.2) is 38.5 Å². The Labute approximate surface area is 122 Å². The smallest absolute Gasteiger partial charge is 0.436 e. The van der Waals surface area contributed by atoms with Gasteiger partial charge in [-0.1, -0.05) is 12.5 Å². The monoisotopic (exact) mass is 339 g/mol. The summed E-state index contributed by atoms with van der Waals surface area (Å²) in [5.41, 5.74) is 5.21. The first-order chi connectivity index (χ1) is 9.95. The lowest BCUT2D eigenvalue weighted by molar-refractivity contribution is -0.391. The minimum absolute atomic E-state index is 0.0266. The van der Waals surface area contributed by atoms with Crippen molar-refractivity contribution < 1.29 is 39.9 Å². The van der Waals surface area contributed by atoms with Crippen LogP contribution >= 0.6 is 0 Å². The van der Waals surface area contributed by atoms with Gasteiger partial charge in [0.15, 0.2) is 5.76 Å². The van der Waals surface area contributed by atoms with Crippen molar-refractivity contribution in [3.63, 3.8) is 0 Å². The molecule has 0 unspecified atom stereocenters. The third kappa shape index (κ3) is 4.60. The largest absolute Gasteiger partial charge is 0.458 e. The molecule has 0 heterocycles. The number of methoxy groups -OCH3 is 1. The molecule has 0 aliphatic rings. The molecule has 0 aromatic rings. The van der Waals surface area contributed by atoms with Crippen LogP contribution < -0.4 is 5.73 Å². The second-order valence-corrected chi connectivity index (χ2v) is 4.22. The van der Waals surface area contributed by atoms with Gasteiger partial charge >= 0.3 is 18.0 Å². The maximum Gasteiger partial charge on any atom is 0.458 e. The van der Waals surface area contributed by atoms with E-state index in [1.54, 1.807) is 0 Å². The van der Waals surface area contributed by atoms with Crippen molar-refractivity contribution in [1.29, 1.82) is 0 Å². The van der Waals surface area contributed by atoms with E-state index in [2.05, 4.69) is 16.0 Å². The van der Waals surface area contributed by atoms with Gasteiger partial charge in [-0.25, -0.2) is 8.78 Å². The number of halogens is 7. The molecule has 0 rings (SSSR count). The second-order valence-electron chi connectivity index (χ2n) is 4.22. The highest BCUT2D eigenvalue weighted by Gasteiger charge is 2.72. The van der Waals surface area contributed by atoms with Gasteiger partial charge in [0.25, 0.3) is 6.79 Å². The normalized spacial score (nSPS) is 14.1. The van der Waals surface area contributed by atoms with Crippen LogP contribution in [0, 0.1) is 6.10 Å². The van der Waals surface area contributed by atoms with Crippen molar-refractivity contribution >= 4 is 6.79 Å². The Morgan fingerprint density at radius 1 is 1.18 bits per heavy atom. The summed E-state index contributed by atoms with van der Waals surface area (Å²) in [5, 5.41) is 0. The van der Waals surface area contributed by atoms with Crippen LogP contribution in [0.3, 0.4) is 0 Å². The molecule has 0 bridgehead atoms. The first-order valence-corrected chi connectivity index (χ1v) is 6.02. The number of ether oxygens (including phenoxy) is 1. The lowest BCUT2D eigenvalue weighted by atomic mass is 10.0. The zero-order valence-electron chi connectivity index (χ0n) is 11.7. The van der Waals surface area contributed by atoms with E-state index in [0.29, 0.717) is 20.0 Å². The summed E-state index contributed by atoms with van der Waals surface area (Å²) in [6, 6.07) is 0. The fraction of sp³-hybridized carbons (Fsp3) is 0.667. The number of rotatable bonds is 9. The first-order valence-electron chi connectivity index (χ1n) is 6.02. The maximum atomic E-state index is 13.5. The highest BCUT2D eigenvalue weighted by molar-refractivity contribution is 5.21. The van der Waals surface area contributed by atoms with Crippen molar-refractivity contribution in [3.05, 3.63) is 17.9 Å². The summed E-state index contributed by atoms with van der Waals surface area (Å²) < 4.78 is 97.6. The topological polar surface area (TPSA) is 46.5 Å². The summed E-state index contributed by atoms with van der Waals surface area (Å²) in [6.45, 7) is 3.21. The summed E-state index contributed by atoms with van der Waals surface area (Å²) in [5.74, 6) is -12.2. The molecular formula is C12H16F7NO2. The Kier molecular flexibility index (Phi) is 7.36. The number of carbonyl (C=O) groups excluding carboxylic acids is 1. The molecule has 0 fully saturated rings. The Balaban J connectivity index is 5.42. The average molecular weight is 339 g/mol. The lowest BCUT2D eigenvalue weighted by Gasteiger charge is -2.36. The van der Waals surface area contributed by atoms with Gasteiger partial charge in [0.1, 0.15) is 0 Å². The molecule has 10 heteroatoms. The molecule has 0 aliphatic heterocycles. The molecule has 3 nitrogen and oxygen atoms in total. The highest BCUT2D eigenvalue weighted by Crippen LogP contribution is 2.51. The minimum atomic E-state index is -6.45. The maximum absolute atomic E-state index is 13.5. The zero-order chi connectivity index (χ0) is 17.6. The van der Waals surface area contributed by atoms with Gasteiger partial charge < -0.3 is 14.9 Å². The standard InChI is InChI=1S/C12H16F7NO2/c1-21-8(5-3-4-6-20)7-9(22-2)10(13,14)11(15,16)12(17,18)19/h7H,1,3-6,20H2,2H3. The summed E-state index contributed by atoms with van der Waals surface area (Å²) in [6.07, 6.45) is -7.25. The predicted octanol–water partition coefficient (Wildman–Crippen LogP) is 3.37. The fourth-order valence-electron chi connectivity index (χ4n) is 1.39. The van der Waals surface area contributed by atoms with Gasteiger partial charge in [0, 0.05) is 7.11 Å². The highest BCUT2D eigenvalue weighted by atomic mass is 19.4. The summed E-state index contributed by atoms with van der Waals surface area (Å²) in [4.78, 5) is 0. The molecule has 0 radical (unpaired) electrons. The van der Waals surface area contributed by atoms with Gasteiger partial charge in [-0.2, -0.15) is 22.0 Å². The van der Waals surface area contributed by atoms with Gasteiger partial charge in [-0.15, -0.1) is 0 Å².